The molecule has 0 aliphatic rings. The number of carbonyl (C=O) groups excluding carboxylic acids is 2. The molecule has 5 heteroatoms. The Labute approximate surface area is 331 Å². The lowest BCUT2D eigenvalue weighted by Crippen LogP contribution is -2.28. The van der Waals surface area contributed by atoms with Crippen molar-refractivity contribution in [2.75, 3.05) is 13.2 Å². The van der Waals surface area contributed by atoms with E-state index in [2.05, 4.69) is 111 Å². The zero-order valence-electron chi connectivity index (χ0n) is 34.4. The van der Waals surface area contributed by atoms with Crippen LogP contribution in [0.1, 0.15) is 168 Å². The van der Waals surface area contributed by atoms with Crippen LogP contribution in [0, 0.1) is 0 Å². The van der Waals surface area contributed by atoms with Gasteiger partial charge in [-0.2, -0.15) is 0 Å². The van der Waals surface area contributed by atoms with Crippen LogP contribution in [0.3, 0.4) is 0 Å². The van der Waals surface area contributed by atoms with Crippen molar-refractivity contribution in [1.29, 1.82) is 0 Å². The van der Waals surface area contributed by atoms with Crippen LogP contribution < -0.4 is 0 Å². The van der Waals surface area contributed by atoms with Gasteiger partial charge in [-0.3, -0.25) is 9.59 Å². The monoisotopic (exact) mass is 747 g/mol. The number of allylic oxidation sites excluding steroid dienone is 18. The predicted octanol–water partition coefficient (Wildman–Crippen LogP) is 13.8. The fraction of sp³-hybridized carbons (Fsp3) is 0.592. The SMILES string of the molecule is CC/C=C\C/C=C\C/C=C\C/C=C\C/C=C\CCCCCCCCCCCCCC(=O)OC(CO)COC(=O)CC/C=C\C/C=C\C/C=C\C/C=C\CC. The maximum absolute atomic E-state index is 12.2. The third-order valence-corrected chi connectivity index (χ3v) is 8.58. The molecule has 0 radical (unpaired) electrons. The van der Waals surface area contributed by atoms with Crippen molar-refractivity contribution in [3.05, 3.63) is 109 Å². The van der Waals surface area contributed by atoms with Crippen molar-refractivity contribution in [3.63, 3.8) is 0 Å². The Morgan fingerprint density at radius 1 is 0.426 bits per heavy atom. The molecule has 0 aromatic rings. The van der Waals surface area contributed by atoms with E-state index in [0.717, 1.165) is 77.0 Å². The lowest BCUT2D eigenvalue weighted by molar-refractivity contribution is -0.161. The van der Waals surface area contributed by atoms with Crippen molar-refractivity contribution in [2.24, 2.45) is 0 Å². The first kappa shape index (κ1) is 50.6. The van der Waals surface area contributed by atoms with E-state index in [0.29, 0.717) is 12.8 Å². The molecule has 0 aromatic heterocycles. The molecule has 0 bridgehead atoms. The van der Waals surface area contributed by atoms with Gasteiger partial charge >= 0.3 is 11.9 Å². The molecular weight excluding hydrogens is 669 g/mol. The van der Waals surface area contributed by atoms with E-state index in [-0.39, 0.29) is 31.6 Å². The summed E-state index contributed by atoms with van der Waals surface area (Å²) in [5, 5.41) is 9.56. The lowest BCUT2D eigenvalue weighted by Gasteiger charge is -2.15. The summed E-state index contributed by atoms with van der Waals surface area (Å²) in [7, 11) is 0. The van der Waals surface area contributed by atoms with Crippen LogP contribution in [0.2, 0.25) is 0 Å². The van der Waals surface area contributed by atoms with Crippen LogP contribution in [0.4, 0.5) is 0 Å². The Hall–Kier alpha value is -3.44. The van der Waals surface area contributed by atoms with Gasteiger partial charge in [-0.05, 0) is 83.5 Å². The number of carbonyl (C=O) groups is 2. The van der Waals surface area contributed by atoms with E-state index in [1.165, 1.54) is 57.8 Å². The maximum Gasteiger partial charge on any atom is 0.306 e. The standard InChI is InChI=1S/C49H78O5/c1-3-5-7-9-11-13-15-17-18-19-20-21-22-23-24-25-26-27-28-29-30-32-34-36-38-40-42-44-49(52)54-47(45-50)46-53-48(51)43-41-39-37-35-33-31-16-14-12-10-8-6-4-2/h5-8,11-14,17-18,20-21,23-24,31,33,37,39,47,50H,3-4,9-10,15-16,19,22,25-30,32,34-36,38,40-46H2,1-2H3/b7-5-,8-6-,13-11-,14-12-,18-17-,21-20-,24-23-,33-31-,39-37-. The molecule has 0 aromatic carbocycles. The Kier molecular flexibility index (Phi) is 41.2. The Morgan fingerprint density at radius 3 is 1.19 bits per heavy atom. The summed E-state index contributed by atoms with van der Waals surface area (Å²) in [5.74, 6) is -0.699. The summed E-state index contributed by atoms with van der Waals surface area (Å²) >= 11 is 0. The molecule has 0 saturated carbocycles. The van der Waals surface area contributed by atoms with Crippen molar-refractivity contribution >= 4 is 11.9 Å². The van der Waals surface area contributed by atoms with Gasteiger partial charge in [0.05, 0.1) is 6.61 Å². The molecule has 0 aliphatic carbocycles. The first-order valence-corrected chi connectivity index (χ1v) is 21.4. The van der Waals surface area contributed by atoms with Crippen LogP contribution >= 0.6 is 0 Å². The molecule has 0 amide bonds. The molecule has 0 saturated heterocycles. The van der Waals surface area contributed by atoms with E-state index in [4.69, 9.17) is 9.47 Å². The second-order valence-corrected chi connectivity index (χ2v) is 13.7. The molecule has 1 unspecified atom stereocenters. The van der Waals surface area contributed by atoms with Crippen molar-refractivity contribution in [1.82, 2.24) is 0 Å². The van der Waals surface area contributed by atoms with Gasteiger partial charge in [-0.25, -0.2) is 0 Å². The van der Waals surface area contributed by atoms with Crippen LogP contribution in [0.25, 0.3) is 0 Å². The second kappa shape index (κ2) is 44.0. The number of hydrogen-bond donors (Lipinski definition) is 1. The fourth-order valence-electron chi connectivity index (χ4n) is 5.42. The lowest BCUT2D eigenvalue weighted by atomic mass is 10.0. The van der Waals surface area contributed by atoms with E-state index < -0.39 is 6.10 Å². The van der Waals surface area contributed by atoms with Gasteiger partial charge in [0.2, 0.25) is 0 Å². The number of aliphatic hydroxyl groups is 1. The van der Waals surface area contributed by atoms with Gasteiger partial charge in [-0.15, -0.1) is 0 Å². The smallest absolute Gasteiger partial charge is 0.306 e. The van der Waals surface area contributed by atoms with Crippen LogP contribution in [-0.4, -0.2) is 36.4 Å². The maximum atomic E-state index is 12.2. The molecule has 0 aliphatic heterocycles. The van der Waals surface area contributed by atoms with Gasteiger partial charge < -0.3 is 14.6 Å². The summed E-state index contributed by atoms with van der Waals surface area (Å²) < 4.78 is 10.5. The topological polar surface area (TPSA) is 72.8 Å². The third kappa shape index (κ3) is 41.3. The predicted molar refractivity (Wildman–Crippen MR) is 232 cm³/mol. The Morgan fingerprint density at radius 2 is 0.778 bits per heavy atom. The van der Waals surface area contributed by atoms with E-state index >= 15 is 0 Å². The van der Waals surface area contributed by atoms with Gasteiger partial charge in [0.25, 0.3) is 0 Å². The number of esters is 2. The van der Waals surface area contributed by atoms with Crippen LogP contribution in [0.5, 0.6) is 0 Å². The minimum absolute atomic E-state index is 0.112. The summed E-state index contributed by atoms with van der Waals surface area (Å²) in [6, 6.07) is 0. The molecule has 1 atom stereocenters. The van der Waals surface area contributed by atoms with Gasteiger partial charge in [0.15, 0.2) is 6.10 Å². The Bertz CT molecular complexity index is 1120. The van der Waals surface area contributed by atoms with Gasteiger partial charge in [0.1, 0.15) is 6.61 Å². The van der Waals surface area contributed by atoms with E-state index in [9.17, 15) is 14.7 Å². The summed E-state index contributed by atoms with van der Waals surface area (Å²) in [5.41, 5.74) is 0. The first-order chi connectivity index (χ1) is 26.6. The van der Waals surface area contributed by atoms with Crippen LogP contribution in [-0.2, 0) is 19.1 Å². The number of ether oxygens (including phenoxy) is 2. The second-order valence-electron chi connectivity index (χ2n) is 13.7. The van der Waals surface area contributed by atoms with Crippen LogP contribution in [0.15, 0.2) is 109 Å². The highest BCUT2D eigenvalue weighted by Gasteiger charge is 2.15. The first-order valence-electron chi connectivity index (χ1n) is 21.4. The van der Waals surface area contributed by atoms with Crippen molar-refractivity contribution in [2.45, 2.75) is 174 Å². The molecule has 1 N–H and O–H groups in total. The average molecular weight is 747 g/mol. The minimum Gasteiger partial charge on any atom is -0.462 e. The number of rotatable bonds is 37. The molecule has 5 nitrogen and oxygen atoms in total. The minimum atomic E-state index is -0.808. The van der Waals surface area contributed by atoms with Gasteiger partial charge in [0, 0.05) is 12.8 Å². The molecule has 54 heavy (non-hydrogen) atoms. The quantitative estimate of drug-likeness (QED) is 0.0389. The van der Waals surface area contributed by atoms with Gasteiger partial charge in [-0.1, -0.05) is 181 Å². The third-order valence-electron chi connectivity index (χ3n) is 8.58. The summed E-state index contributed by atoms with van der Waals surface area (Å²) in [6.07, 6.45) is 63.2. The molecule has 0 fully saturated rings. The highest BCUT2D eigenvalue weighted by atomic mass is 16.6. The van der Waals surface area contributed by atoms with Crippen molar-refractivity contribution < 1.29 is 24.2 Å². The summed E-state index contributed by atoms with van der Waals surface area (Å²) in [4.78, 5) is 24.2. The highest BCUT2D eigenvalue weighted by Crippen LogP contribution is 2.13. The molecular formula is C49H78O5. The normalized spacial score (nSPS) is 13.3. The number of hydrogen-bond acceptors (Lipinski definition) is 5. The molecule has 0 heterocycles. The molecule has 0 rings (SSSR count). The summed E-state index contributed by atoms with van der Waals surface area (Å²) in [6.45, 7) is 3.82. The largest absolute Gasteiger partial charge is 0.462 e. The highest BCUT2D eigenvalue weighted by molar-refractivity contribution is 5.70. The van der Waals surface area contributed by atoms with E-state index in [1.807, 2.05) is 12.2 Å². The average Bonchev–Trinajstić information content (AvgIpc) is 3.17. The number of unbranched alkanes of at least 4 members (excludes halogenated alkanes) is 11. The zero-order valence-corrected chi connectivity index (χ0v) is 34.4. The molecule has 304 valence electrons. The van der Waals surface area contributed by atoms with E-state index in [1.54, 1.807) is 0 Å². The fourth-order valence-corrected chi connectivity index (χ4v) is 5.42. The Balaban J connectivity index is 3.62. The zero-order chi connectivity index (χ0) is 39.3. The number of aliphatic hydroxyl groups excluding tert-OH is 1. The molecule has 0 spiro atoms. The van der Waals surface area contributed by atoms with Crippen molar-refractivity contribution in [3.8, 4) is 0 Å².